The zero-order chi connectivity index (χ0) is 18.5. The van der Waals surface area contributed by atoms with Gasteiger partial charge in [-0.05, 0) is 31.0 Å². The van der Waals surface area contributed by atoms with E-state index in [1.165, 1.54) is 25.7 Å². The maximum Gasteiger partial charge on any atom is 0.272 e. The second kappa shape index (κ2) is 8.33. The second-order valence-electron chi connectivity index (χ2n) is 7.13. The van der Waals surface area contributed by atoms with Gasteiger partial charge in [-0.25, -0.2) is 9.97 Å². The monoisotopic (exact) mass is 366 g/mol. The molecule has 2 saturated heterocycles. The van der Waals surface area contributed by atoms with Gasteiger partial charge in [-0.1, -0.05) is 12.8 Å². The fourth-order valence-corrected chi connectivity index (χ4v) is 3.79. The van der Waals surface area contributed by atoms with Crippen LogP contribution in [0.5, 0.6) is 0 Å². The summed E-state index contributed by atoms with van der Waals surface area (Å²) in [6, 6.07) is 5.79. The summed E-state index contributed by atoms with van der Waals surface area (Å²) in [6.07, 6.45) is 10.3. The van der Waals surface area contributed by atoms with Crippen molar-refractivity contribution in [2.45, 2.75) is 25.7 Å². The maximum atomic E-state index is 12.9. The van der Waals surface area contributed by atoms with E-state index in [9.17, 15) is 4.79 Å². The largest absolute Gasteiger partial charge is 0.371 e. The summed E-state index contributed by atoms with van der Waals surface area (Å²) in [7, 11) is 0. The van der Waals surface area contributed by atoms with Crippen LogP contribution in [0.25, 0.3) is 0 Å². The van der Waals surface area contributed by atoms with E-state index >= 15 is 0 Å². The Labute approximate surface area is 160 Å². The summed E-state index contributed by atoms with van der Waals surface area (Å²) in [5.41, 5.74) is 1.66. The first kappa shape index (κ1) is 17.7. The van der Waals surface area contributed by atoms with E-state index in [1.807, 2.05) is 23.1 Å². The summed E-state index contributed by atoms with van der Waals surface area (Å²) >= 11 is 0. The lowest BCUT2D eigenvalue weighted by molar-refractivity contribution is 0.0740. The molecule has 0 aliphatic carbocycles. The highest BCUT2D eigenvalue weighted by molar-refractivity contribution is 5.93. The lowest BCUT2D eigenvalue weighted by Gasteiger charge is -2.34. The Morgan fingerprint density at radius 1 is 0.778 bits per heavy atom. The van der Waals surface area contributed by atoms with Crippen molar-refractivity contribution < 1.29 is 4.79 Å². The quantitative estimate of drug-likeness (QED) is 0.830. The number of anilines is 2. The summed E-state index contributed by atoms with van der Waals surface area (Å²) in [5.74, 6) is 0.742. The summed E-state index contributed by atoms with van der Waals surface area (Å²) in [5, 5.41) is 0. The normalized spacial score (nSPS) is 18.3. The number of carbonyl (C=O) groups is 1. The van der Waals surface area contributed by atoms with Crippen LogP contribution in [-0.4, -0.2) is 65.0 Å². The van der Waals surface area contributed by atoms with Crippen LogP contribution >= 0.6 is 0 Å². The van der Waals surface area contributed by atoms with Gasteiger partial charge < -0.3 is 14.7 Å². The molecule has 2 aromatic rings. The average molecular weight is 366 g/mol. The van der Waals surface area contributed by atoms with Gasteiger partial charge in [0, 0.05) is 63.5 Å². The summed E-state index contributed by atoms with van der Waals surface area (Å²) < 4.78 is 0. The molecule has 0 bridgehead atoms. The van der Waals surface area contributed by atoms with Crippen LogP contribution < -0.4 is 9.80 Å². The van der Waals surface area contributed by atoms with Crippen molar-refractivity contribution in [3.05, 3.63) is 42.5 Å². The number of nitrogens with zero attached hydrogens (tertiary/aromatic N) is 6. The van der Waals surface area contributed by atoms with Gasteiger partial charge in [0.15, 0.2) is 0 Å². The van der Waals surface area contributed by atoms with Crippen molar-refractivity contribution in [3.63, 3.8) is 0 Å². The number of hydrogen-bond donors (Lipinski definition) is 0. The molecule has 142 valence electrons. The third kappa shape index (κ3) is 4.18. The molecule has 0 atom stereocenters. The molecule has 7 heteroatoms. The summed E-state index contributed by atoms with van der Waals surface area (Å²) in [4.78, 5) is 32.3. The number of pyridine rings is 1. The van der Waals surface area contributed by atoms with Gasteiger partial charge in [-0.15, -0.1) is 0 Å². The Hall–Kier alpha value is -2.70. The Bertz CT molecular complexity index is 752. The first-order valence-corrected chi connectivity index (χ1v) is 9.83. The van der Waals surface area contributed by atoms with Crippen LogP contribution in [-0.2, 0) is 0 Å². The Kier molecular flexibility index (Phi) is 5.46. The smallest absolute Gasteiger partial charge is 0.272 e. The van der Waals surface area contributed by atoms with E-state index in [-0.39, 0.29) is 5.91 Å². The Morgan fingerprint density at radius 3 is 2.19 bits per heavy atom. The minimum atomic E-state index is 0.0142. The zero-order valence-corrected chi connectivity index (χ0v) is 15.6. The van der Waals surface area contributed by atoms with Crippen LogP contribution in [0.4, 0.5) is 11.6 Å². The van der Waals surface area contributed by atoms with Crippen molar-refractivity contribution in [2.75, 3.05) is 49.1 Å². The molecule has 0 unspecified atom stereocenters. The molecule has 4 heterocycles. The summed E-state index contributed by atoms with van der Waals surface area (Å²) in [6.45, 7) is 4.92. The molecule has 0 saturated carbocycles. The van der Waals surface area contributed by atoms with Crippen molar-refractivity contribution in [1.29, 1.82) is 0 Å². The van der Waals surface area contributed by atoms with Crippen molar-refractivity contribution >= 4 is 17.5 Å². The number of carbonyl (C=O) groups excluding carboxylic acids is 1. The molecule has 0 N–H and O–H groups in total. The standard InChI is InChI=1S/C20H26N6O/c27-19(25-12-14-26(15-13-25)20-22-7-5-8-23-20)18-16-17(6-9-21-18)24-10-3-1-2-4-11-24/h5-9,16H,1-4,10-15H2. The average Bonchev–Trinajstić information content (AvgIpc) is 3.04. The van der Waals surface area contributed by atoms with Crippen LogP contribution in [0, 0.1) is 0 Å². The Morgan fingerprint density at radius 2 is 1.48 bits per heavy atom. The van der Waals surface area contributed by atoms with Gasteiger partial charge in [0.05, 0.1) is 0 Å². The minimum absolute atomic E-state index is 0.0142. The van der Waals surface area contributed by atoms with Crippen molar-refractivity contribution in [1.82, 2.24) is 19.9 Å². The van der Waals surface area contributed by atoms with Crippen LogP contribution in [0.3, 0.4) is 0 Å². The molecule has 1 amide bonds. The van der Waals surface area contributed by atoms with E-state index in [0.717, 1.165) is 37.8 Å². The minimum Gasteiger partial charge on any atom is -0.371 e. The number of aromatic nitrogens is 3. The van der Waals surface area contributed by atoms with Gasteiger partial charge in [-0.2, -0.15) is 0 Å². The molecule has 2 aliphatic heterocycles. The molecule has 27 heavy (non-hydrogen) atoms. The SMILES string of the molecule is O=C(c1cc(N2CCCCCC2)ccn1)N1CCN(c2ncccn2)CC1. The van der Waals surface area contributed by atoms with Gasteiger partial charge in [0.1, 0.15) is 5.69 Å². The van der Waals surface area contributed by atoms with Gasteiger partial charge in [-0.3, -0.25) is 9.78 Å². The molecule has 0 aromatic carbocycles. The highest BCUT2D eigenvalue weighted by Gasteiger charge is 2.24. The number of amides is 1. The molecular formula is C20H26N6O. The molecular weight excluding hydrogens is 340 g/mol. The van der Waals surface area contributed by atoms with Crippen LogP contribution in [0.15, 0.2) is 36.8 Å². The maximum absolute atomic E-state index is 12.9. The highest BCUT2D eigenvalue weighted by atomic mass is 16.2. The topological polar surface area (TPSA) is 65.5 Å². The fraction of sp³-hybridized carbons (Fsp3) is 0.500. The van der Waals surface area contributed by atoms with E-state index in [2.05, 4.69) is 24.8 Å². The molecule has 0 spiro atoms. The van der Waals surface area contributed by atoms with Crippen LogP contribution in [0.2, 0.25) is 0 Å². The van der Waals surface area contributed by atoms with Crippen LogP contribution in [0.1, 0.15) is 36.2 Å². The van der Waals surface area contributed by atoms with E-state index in [1.54, 1.807) is 18.6 Å². The third-order valence-electron chi connectivity index (χ3n) is 5.34. The lowest BCUT2D eigenvalue weighted by atomic mass is 10.2. The second-order valence-corrected chi connectivity index (χ2v) is 7.13. The predicted molar refractivity (Wildman–Crippen MR) is 105 cm³/mol. The number of rotatable bonds is 3. The fourth-order valence-electron chi connectivity index (χ4n) is 3.79. The van der Waals surface area contributed by atoms with Gasteiger partial charge >= 0.3 is 0 Å². The zero-order valence-electron chi connectivity index (χ0n) is 15.6. The van der Waals surface area contributed by atoms with Gasteiger partial charge in [0.25, 0.3) is 5.91 Å². The van der Waals surface area contributed by atoms with E-state index in [0.29, 0.717) is 18.8 Å². The number of hydrogen-bond acceptors (Lipinski definition) is 6. The first-order chi connectivity index (χ1) is 13.3. The molecule has 2 aliphatic rings. The lowest BCUT2D eigenvalue weighted by Crippen LogP contribution is -2.49. The third-order valence-corrected chi connectivity index (χ3v) is 5.34. The van der Waals surface area contributed by atoms with Gasteiger partial charge in [0.2, 0.25) is 5.95 Å². The Balaban J connectivity index is 1.40. The molecule has 2 aromatic heterocycles. The van der Waals surface area contributed by atoms with E-state index < -0.39 is 0 Å². The van der Waals surface area contributed by atoms with Crippen molar-refractivity contribution in [2.24, 2.45) is 0 Å². The number of piperazine rings is 1. The predicted octanol–water partition coefficient (Wildman–Crippen LogP) is 2.21. The molecule has 4 rings (SSSR count). The first-order valence-electron chi connectivity index (χ1n) is 9.83. The van der Waals surface area contributed by atoms with E-state index in [4.69, 9.17) is 0 Å². The highest BCUT2D eigenvalue weighted by Crippen LogP contribution is 2.21. The molecule has 7 nitrogen and oxygen atoms in total. The van der Waals surface area contributed by atoms with Crippen molar-refractivity contribution in [3.8, 4) is 0 Å². The molecule has 2 fully saturated rings. The molecule has 0 radical (unpaired) electrons.